The van der Waals surface area contributed by atoms with E-state index in [0.717, 1.165) is 29.8 Å². The molecule has 1 fully saturated rings. The highest BCUT2D eigenvalue weighted by atomic mass is 16.3. The monoisotopic (exact) mass is 189 g/mol. The number of aliphatic hydroxyl groups is 1. The van der Waals surface area contributed by atoms with E-state index in [1.165, 1.54) is 0 Å². The lowest BCUT2D eigenvalue weighted by Crippen LogP contribution is -2.27. The summed E-state index contributed by atoms with van der Waals surface area (Å²) in [4.78, 5) is 11.8. The molecule has 0 aromatic carbocycles. The second-order valence-electron chi connectivity index (χ2n) is 3.82. The molecule has 0 bridgehead atoms. The van der Waals surface area contributed by atoms with Gasteiger partial charge in [-0.3, -0.25) is 0 Å². The highest BCUT2D eigenvalue weighted by Crippen LogP contribution is 2.35. The van der Waals surface area contributed by atoms with Gasteiger partial charge in [0.05, 0.1) is 6.10 Å². The maximum Gasteiger partial charge on any atom is 0.157 e. The zero-order valence-corrected chi connectivity index (χ0v) is 7.64. The van der Waals surface area contributed by atoms with Crippen LogP contribution in [-0.4, -0.2) is 26.2 Å². The van der Waals surface area contributed by atoms with Crippen molar-refractivity contribution in [3.63, 3.8) is 0 Å². The second-order valence-corrected chi connectivity index (χ2v) is 3.82. The van der Waals surface area contributed by atoms with Gasteiger partial charge in [-0.25, -0.2) is 9.97 Å². The summed E-state index contributed by atoms with van der Waals surface area (Å²) in [5, 5.41) is 9.20. The molecule has 1 aliphatic rings. The number of aromatic amines is 1. The third-order valence-electron chi connectivity index (χ3n) is 2.77. The highest BCUT2D eigenvalue weighted by Gasteiger charge is 2.30. The summed E-state index contributed by atoms with van der Waals surface area (Å²) < 4.78 is 0. The van der Waals surface area contributed by atoms with Crippen LogP contribution in [0.1, 0.15) is 24.6 Å². The van der Waals surface area contributed by atoms with Gasteiger partial charge in [0.2, 0.25) is 0 Å². The molecule has 2 aromatic heterocycles. The van der Waals surface area contributed by atoms with Crippen molar-refractivity contribution in [2.24, 2.45) is 0 Å². The lowest BCUT2D eigenvalue weighted by Gasteiger charge is -2.29. The van der Waals surface area contributed by atoms with Gasteiger partial charge in [0.15, 0.2) is 5.65 Å². The molecule has 0 atom stereocenters. The molecule has 4 nitrogen and oxygen atoms in total. The Morgan fingerprint density at radius 1 is 1.43 bits per heavy atom. The van der Waals surface area contributed by atoms with E-state index in [9.17, 15) is 5.11 Å². The molecule has 0 aliphatic heterocycles. The number of rotatable bonds is 1. The number of imidazole rings is 1. The zero-order valence-electron chi connectivity index (χ0n) is 7.64. The highest BCUT2D eigenvalue weighted by molar-refractivity contribution is 5.70. The molecule has 72 valence electrons. The molecule has 1 saturated carbocycles. The number of pyridine rings is 1. The SMILES string of the molecule is OC1CC(c2nc3cccnc3[nH]2)C1. The molecule has 3 rings (SSSR count). The van der Waals surface area contributed by atoms with Gasteiger partial charge in [-0.1, -0.05) is 0 Å². The van der Waals surface area contributed by atoms with E-state index in [-0.39, 0.29) is 6.10 Å². The fourth-order valence-electron chi connectivity index (χ4n) is 1.87. The number of hydrogen-bond acceptors (Lipinski definition) is 3. The minimum absolute atomic E-state index is 0.138. The Bertz CT molecular complexity index is 426. The third-order valence-corrected chi connectivity index (χ3v) is 2.77. The molecule has 0 radical (unpaired) electrons. The molecule has 2 heterocycles. The minimum Gasteiger partial charge on any atom is -0.393 e. The van der Waals surface area contributed by atoms with Gasteiger partial charge in [-0.05, 0) is 25.0 Å². The Morgan fingerprint density at radius 3 is 3.00 bits per heavy atom. The van der Waals surface area contributed by atoms with E-state index >= 15 is 0 Å². The van der Waals surface area contributed by atoms with Crippen LogP contribution in [0.2, 0.25) is 0 Å². The number of aliphatic hydroxyl groups excluding tert-OH is 1. The van der Waals surface area contributed by atoms with E-state index in [1.807, 2.05) is 12.1 Å². The quantitative estimate of drug-likeness (QED) is 0.708. The summed E-state index contributed by atoms with van der Waals surface area (Å²) in [6, 6.07) is 3.82. The Balaban J connectivity index is 1.99. The van der Waals surface area contributed by atoms with Crippen LogP contribution < -0.4 is 0 Å². The predicted octanol–water partition coefficient (Wildman–Crippen LogP) is 1.20. The number of hydrogen-bond donors (Lipinski definition) is 2. The maximum absolute atomic E-state index is 9.20. The van der Waals surface area contributed by atoms with Crippen molar-refractivity contribution in [1.29, 1.82) is 0 Å². The predicted molar refractivity (Wildman–Crippen MR) is 51.9 cm³/mol. The van der Waals surface area contributed by atoms with Crippen LogP contribution in [0.4, 0.5) is 0 Å². The van der Waals surface area contributed by atoms with Gasteiger partial charge in [0.1, 0.15) is 11.3 Å². The molecule has 2 aromatic rings. The van der Waals surface area contributed by atoms with Crippen LogP contribution >= 0.6 is 0 Å². The molecular weight excluding hydrogens is 178 g/mol. The van der Waals surface area contributed by atoms with Crippen molar-refractivity contribution in [2.75, 3.05) is 0 Å². The molecule has 1 aliphatic carbocycles. The smallest absolute Gasteiger partial charge is 0.157 e. The number of nitrogens with zero attached hydrogens (tertiary/aromatic N) is 2. The molecule has 0 amide bonds. The largest absolute Gasteiger partial charge is 0.393 e. The van der Waals surface area contributed by atoms with E-state index < -0.39 is 0 Å². The van der Waals surface area contributed by atoms with Gasteiger partial charge in [0, 0.05) is 12.1 Å². The van der Waals surface area contributed by atoms with Crippen LogP contribution in [0.3, 0.4) is 0 Å². The molecular formula is C10H11N3O. The van der Waals surface area contributed by atoms with E-state index in [0.29, 0.717) is 5.92 Å². The first kappa shape index (κ1) is 7.94. The van der Waals surface area contributed by atoms with Gasteiger partial charge in [-0.2, -0.15) is 0 Å². The summed E-state index contributed by atoms with van der Waals surface area (Å²) in [6.45, 7) is 0. The first-order valence-corrected chi connectivity index (χ1v) is 4.81. The Kier molecular flexibility index (Phi) is 1.58. The van der Waals surface area contributed by atoms with Crippen molar-refractivity contribution in [1.82, 2.24) is 15.0 Å². The minimum atomic E-state index is -0.138. The van der Waals surface area contributed by atoms with Crippen molar-refractivity contribution in [3.8, 4) is 0 Å². The number of aromatic nitrogens is 3. The second kappa shape index (κ2) is 2.78. The molecule has 4 heteroatoms. The van der Waals surface area contributed by atoms with Gasteiger partial charge < -0.3 is 10.1 Å². The lowest BCUT2D eigenvalue weighted by atomic mass is 9.82. The van der Waals surface area contributed by atoms with Crippen molar-refractivity contribution in [2.45, 2.75) is 24.9 Å². The fourth-order valence-corrected chi connectivity index (χ4v) is 1.87. The van der Waals surface area contributed by atoms with Crippen molar-refractivity contribution < 1.29 is 5.11 Å². The van der Waals surface area contributed by atoms with E-state index in [4.69, 9.17) is 0 Å². The summed E-state index contributed by atoms with van der Waals surface area (Å²) >= 11 is 0. The molecule has 0 saturated heterocycles. The third kappa shape index (κ3) is 1.11. The van der Waals surface area contributed by atoms with Gasteiger partial charge in [-0.15, -0.1) is 0 Å². The zero-order chi connectivity index (χ0) is 9.54. The van der Waals surface area contributed by atoms with E-state index in [1.54, 1.807) is 6.20 Å². The van der Waals surface area contributed by atoms with E-state index in [2.05, 4.69) is 15.0 Å². The first-order chi connectivity index (χ1) is 6.83. The topological polar surface area (TPSA) is 61.8 Å². The van der Waals surface area contributed by atoms with Crippen molar-refractivity contribution >= 4 is 11.2 Å². The average Bonchev–Trinajstić information content (AvgIpc) is 2.55. The fraction of sp³-hybridized carbons (Fsp3) is 0.400. The maximum atomic E-state index is 9.20. The van der Waals surface area contributed by atoms with Crippen LogP contribution in [0.15, 0.2) is 18.3 Å². The number of fused-ring (bicyclic) bond motifs is 1. The molecule has 14 heavy (non-hydrogen) atoms. The van der Waals surface area contributed by atoms with Crippen molar-refractivity contribution in [3.05, 3.63) is 24.2 Å². The summed E-state index contributed by atoms with van der Waals surface area (Å²) in [5.74, 6) is 1.35. The van der Waals surface area contributed by atoms with Gasteiger partial charge >= 0.3 is 0 Å². The molecule has 0 unspecified atom stereocenters. The lowest BCUT2D eigenvalue weighted by molar-refractivity contribution is 0.0720. The number of nitrogens with one attached hydrogen (secondary N) is 1. The van der Waals surface area contributed by atoms with Crippen LogP contribution in [0, 0.1) is 0 Å². The molecule has 0 spiro atoms. The Labute approximate surface area is 81.0 Å². The summed E-state index contributed by atoms with van der Waals surface area (Å²) in [7, 11) is 0. The van der Waals surface area contributed by atoms with Crippen LogP contribution in [0.5, 0.6) is 0 Å². The first-order valence-electron chi connectivity index (χ1n) is 4.81. The summed E-state index contributed by atoms with van der Waals surface area (Å²) in [6.07, 6.45) is 3.25. The normalized spacial score (nSPS) is 26.4. The Hall–Kier alpha value is -1.42. The van der Waals surface area contributed by atoms with Crippen LogP contribution in [0.25, 0.3) is 11.2 Å². The van der Waals surface area contributed by atoms with Crippen LogP contribution in [-0.2, 0) is 0 Å². The summed E-state index contributed by atoms with van der Waals surface area (Å²) in [5.41, 5.74) is 1.74. The Morgan fingerprint density at radius 2 is 2.29 bits per heavy atom. The standard InChI is InChI=1S/C10H11N3O/c14-7-4-6(5-7)9-12-8-2-1-3-11-10(8)13-9/h1-3,6-7,14H,4-5H2,(H,11,12,13). The number of H-pyrrole nitrogens is 1. The van der Waals surface area contributed by atoms with Gasteiger partial charge in [0.25, 0.3) is 0 Å². The molecule has 2 N–H and O–H groups in total. The average molecular weight is 189 g/mol.